The van der Waals surface area contributed by atoms with Gasteiger partial charge in [0.25, 0.3) is 0 Å². The van der Waals surface area contributed by atoms with Crippen LogP contribution in [0.1, 0.15) is 17.3 Å². The topological polar surface area (TPSA) is 52.6 Å². The molecule has 0 aliphatic rings. The molecule has 0 fully saturated rings. The van der Waals surface area contributed by atoms with Gasteiger partial charge in [0.05, 0.1) is 12.1 Å². The van der Waals surface area contributed by atoms with Crippen LogP contribution in [0.15, 0.2) is 18.2 Å². The number of rotatable bonds is 4. The average molecular weight is 243 g/mol. The van der Waals surface area contributed by atoms with Gasteiger partial charge in [0.2, 0.25) is 0 Å². The maximum atomic E-state index is 11.1. The fourth-order valence-corrected chi connectivity index (χ4v) is 1.25. The van der Waals surface area contributed by atoms with Crippen LogP contribution in [0.2, 0.25) is 5.02 Å². The van der Waals surface area contributed by atoms with Crippen molar-refractivity contribution in [2.75, 3.05) is 7.11 Å². The number of carbonyl (C=O) groups excluding carboxylic acids is 2. The lowest BCUT2D eigenvalue weighted by atomic mass is 10.2. The molecule has 0 aliphatic carbocycles. The fourth-order valence-electron chi connectivity index (χ4n) is 1.09. The standard InChI is InChI=1S/C11H11ClO4/c1-7(11(14)15-2)16-10-5-8(6-13)3-4-9(10)12/h3-7H,1-2H3/t7-/m1/s1. The van der Waals surface area contributed by atoms with E-state index in [2.05, 4.69) is 4.74 Å². The van der Waals surface area contributed by atoms with Crippen LogP contribution >= 0.6 is 11.6 Å². The van der Waals surface area contributed by atoms with Crippen LogP contribution in [0.4, 0.5) is 0 Å². The second-order valence-corrected chi connectivity index (χ2v) is 3.50. The first-order valence-electron chi connectivity index (χ1n) is 4.57. The summed E-state index contributed by atoms with van der Waals surface area (Å²) in [6.07, 6.45) is -0.101. The Hall–Kier alpha value is -1.55. The summed E-state index contributed by atoms with van der Waals surface area (Å²) in [4.78, 5) is 21.7. The molecule has 1 rings (SSSR count). The van der Waals surface area contributed by atoms with Crippen molar-refractivity contribution in [1.29, 1.82) is 0 Å². The van der Waals surface area contributed by atoms with Gasteiger partial charge in [0, 0.05) is 5.56 Å². The van der Waals surface area contributed by atoms with Crippen molar-refractivity contribution in [2.24, 2.45) is 0 Å². The summed E-state index contributed by atoms with van der Waals surface area (Å²) >= 11 is 5.85. The third kappa shape index (κ3) is 2.97. The van der Waals surface area contributed by atoms with Crippen LogP contribution in [0.25, 0.3) is 0 Å². The molecule has 1 aromatic carbocycles. The maximum absolute atomic E-state index is 11.1. The SMILES string of the molecule is COC(=O)[C@@H](C)Oc1cc(C=O)ccc1Cl. The van der Waals surface area contributed by atoms with E-state index >= 15 is 0 Å². The first-order chi connectivity index (χ1) is 7.58. The van der Waals surface area contributed by atoms with Crippen LogP contribution in [0.3, 0.4) is 0 Å². The molecule has 0 saturated heterocycles. The Balaban J connectivity index is 2.87. The monoisotopic (exact) mass is 242 g/mol. The van der Waals surface area contributed by atoms with E-state index in [4.69, 9.17) is 16.3 Å². The van der Waals surface area contributed by atoms with Crippen molar-refractivity contribution in [3.63, 3.8) is 0 Å². The van der Waals surface area contributed by atoms with E-state index in [1.54, 1.807) is 6.07 Å². The third-order valence-corrected chi connectivity index (χ3v) is 2.24. The van der Waals surface area contributed by atoms with Crippen molar-refractivity contribution in [3.05, 3.63) is 28.8 Å². The van der Waals surface area contributed by atoms with E-state index < -0.39 is 12.1 Å². The van der Waals surface area contributed by atoms with Crippen LogP contribution in [-0.2, 0) is 9.53 Å². The van der Waals surface area contributed by atoms with E-state index in [-0.39, 0.29) is 5.75 Å². The van der Waals surface area contributed by atoms with E-state index in [1.165, 1.54) is 26.2 Å². The molecule has 1 aromatic rings. The Morgan fingerprint density at radius 2 is 2.19 bits per heavy atom. The Bertz CT molecular complexity index is 403. The minimum absolute atomic E-state index is 0.282. The Labute approximate surface area is 98.1 Å². The number of benzene rings is 1. The smallest absolute Gasteiger partial charge is 0.346 e. The first kappa shape index (κ1) is 12.5. The minimum atomic E-state index is -0.774. The Morgan fingerprint density at radius 3 is 2.75 bits per heavy atom. The third-order valence-electron chi connectivity index (χ3n) is 1.93. The van der Waals surface area contributed by atoms with Gasteiger partial charge in [-0.05, 0) is 25.1 Å². The van der Waals surface area contributed by atoms with Crippen LogP contribution < -0.4 is 4.74 Å². The summed E-state index contributed by atoms with van der Waals surface area (Å²) in [5.74, 6) is -0.225. The van der Waals surface area contributed by atoms with E-state index in [0.29, 0.717) is 16.9 Å². The predicted octanol–water partition coefficient (Wildman–Crippen LogP) is 2.09. The lowest BCUT2D eigenvalue weighted by Crippen LogP contribution is -2.25. The lowest BCUT2D eigenvalue weighted by molar-refractivity contribution is -0.147. The van der Waals surface area contributed by atoms with Gasteiger partial charge in [0.15, 0.2) is 6.10 Å². The molecule has 0 aromatic heterocycles. The highest BCUT2D eigenvalue weighted by Crippen LogP contribution is 2.26. The molecular formula is C11H11ClO4. The number of halogens is 1. The highest BCUT2D eigenvalue weighted by molar-refractivity contribution is 6.32. The van der Waals surface area contributed by atoms with Crippen LogP contribution in [0.5, 0.6) is 5.75 Å². The van der Waals surface area contributed by atoms with Crippen molar-refractivity contribution >= 4 is 23.9 Å². The summed E-state index contributed by atoms with van der Waals surface area (Å²) in [6, 6.07) is 4.56. The predicted molar refractivity (Wildman–Crippen MR) is 58.9 cm³/mol. The summed E-state index contributed by atoms with van der Waals surface area (Å²) in [5.41, 5.74) is 0.427. The zero-order chi connectivity index (χ0) is 12.1. The highest BCUT2D eigenvalue weighted by Gasteiger charge is 2.16. The first-order valence-corrected chi connectivity index (χ1v) is 4.95. The van der Waals surface area contributed by atoms with Gasteiger partial charge < -0.3 is 9.47 Å². The molecule has 1 atom stereocenters. The maximum Gasteiger partial charge on any atom is 0.346 e. The number of esters is 1. The molecule has 4 nitrogen and oxygen atoms in total. The summed E-state index contributed by atoms with van der Waals surface area (Å²) in [5, 5.41) is 0.335. The van der Waals surface area contributed by atoms with E-state index in [1.807, 2.05) is 0 Å². The summed E-state index contributed by atoms with van der Waals surface area (Å²) in [7, 11) is 1.27. The van der Waals surface area contributed by atoms with Crippen molar-refractivity contribution in [3.8, 4) is 5.75 Å². The van der Waals surface area contributed by atoms with Crippen LogP contribution in [0, 0.1) is 0 Å². The molecule has 0 spiro atoms. The highest BCUT2D eigenvalue weighted by atomic mass is 35.5. The van der Waals surface area contributed by atoms with Crippen molar-refractivity contribution in [1.82, 2.24) is 0 Å². The molecule has 0 aliphatic heterocycles. The second kappa shape index (κ2) is 5.51. The normalized spacial score (nSPS) is 11.7. The molecule has 0 bridgehead atoms. The molecule has 0 amide bonds. The van der Waals surface area contributed by atoms with Crippen molar-refractivity contribution in [2.45, 2.75) is 13.0 Å². The van der Waals surface area contributed by atoms with Gasteiger partial charge in [-0.1, -0.05) is 11.6 Å². The Kier molecular flexibility index (Phi) is 4.31. The largest absolute Gasteiger partial charge is 0.477 e. The van der Waals surface area contributed by atoms with Gasteiger partial charge in [0.1, 0.15) is 12.0 Å². The van der Waals surface area contributed by atoms with E-state index in [9.17, 15) is 9.59 Å². The average Bonchev–Trinajstić information content (AvgIpc) is 2.30. The minimum Gasteiger partial charge on any atom is -0.477 e. The molecule has 5 heteroatoms. The molecule has 0 N–H and O–H groups in total. The summed E-state index contributed by atoms with van der Waals surface area (Å²) in [6.45, 7) is 1.54. The molecule has 0 saturated carbocycles. The van der Waals surface area contributed by atoms with Gasteiger partial charge in [-0.15, -0.1) is 0 Å². The molecule has 0 heterocycles. The number of aldehydes is 1. The molecule has 0 radical (unpaired) electrons. The van der Waals surface area contributed by atoms with Crippen molar-refractivity contribution < 1.29 is 19.1 Å². The second-order valence-electron chi connectivity index (χ2n) is 3.09. The quantitative estimate of drug-likeness (QED) is 0.599. The zero-order valence-electron chi connectivity index (χ0n) is 8.90. The van der Waals surface area contributed by atoms with Gasteiger partial charge in [-0.3, -0.25) is 4.79 Å². The molecule has 16 heavy (non-hydrogen) atoms. The van der Waals surface area contributed by atoms with Gasteiger partial charge >= 0.3 is 5.97 Å². The molecule has 0 unspecified atom stereocenters. The number of hydrogen-bond donors (Lipinski definition) is 0. The number of ether oxygens (including phenoxy) is 2. The van der Waals surface area contributed by atoms with Gasteiger partial charge in [-0.25, -0.2) is 4.79 Å². The lowest BCUT2D eigenvalue weighted by Gasteiger charge is -2.13. The van der Waals surface area contributed by atoms with Crippen LogP contribution in [-0.4, -0.2) is 25.5 Å². The molecular weight excluding hydrogens is 232 g/mol. The fraction of sp³-hybridized carbons (Fsp3) is 0.273. The number of methoxy groups -OCH3 is 1. The zero-order valence-corrected chi connectivity index (χ0v) is 9.65. The number of hydrogen-bond acceptors (Lipinski definition) is 4. The molecule has 86 valence electrons. The Morgan fingerprint density at radius 1 is 1.50 bits per heavy atom. The summed E-state index contributed by atoms with van der Waals surface area (Å²) < 4.78 is 9.78. The number of carbonyl (C=O) groups is 2. The van der Waals surface area contributed by atoms with E-state index in [0.717, 1.165) is 0 Å². The van der Waals surface area contributed by atoms with Gasteiger partial charge in [-0.2, -0.15) is 0 Å².